The number of ether oxygens (including phenoxy) is 1. The molecule has 0 bridgehead atoms. The van der Waals surface area contributed by atoms with Crippen molar-refractivity contribution in [3.63, 3.8) is 0 Å². The third-order valence-electron chi connectivity index (χ3n) is 2.36. The second-order valence-electron chi connectivity index (χ2n) is 5.29. The molecule has 0 aliphatic rings. The number of aryl methyl sites for hydroxylation is 1. The molecule has 0 heterocycles. The van der Waals surface area contributed by atoms with Gasteiger partial charge in [0.25, 0.3) is 5.69 Å². The first-order valence-corrected chi connectivity index (χ1v) is 5.83. The molecule has 0 atom stereocenters. The molecule has 0 unspecified atom stereocenters. The molecule has 0 spiro atoms. The Morgan fingerprint density at radius 1 is 1.37 bits per heavy atom. The number of hydrogen-bond acceptors (Lipinski definition) is 4. The first kappa shape index (κ1) is 14.9. The Morgan fingerprint density at radius 2 is 1.95 bits per heavy atom. The molecular formula is C13H18N2O4. The highest BCUT2D eigenvalue weighted by Gasteiger charge is 2.25. The quantitative estimate of drug-likeness (QED) is 0.608. The van der Waals surface area contributed by atoms with Gasteiger partial charge in [-0.05, 0) is 39.3 Å². The van der Waals surface area contributed by atoms with Crippen molar-refractivity contribution in [2.45, 2.75) is 33.3 Å². The smallest absolute Gasteiger partial charge is 0.414 e. The molecule has 6 nitrogen and oxygen atoms in total. The van der Waals surface area contributed by atoms with E-state index in [0.717, 1.165) is 10.5 Å². The van der Waals surface area contributed by atoms with Crippen LogP contribution in [0.3, 0.4) is 0 Å². The molecule has 104 valence electrons. The lowest BCUT2D eigenvalue weighted by Gasteiger charge is -2.24. The monoisotopic (exact) mass is 266 g/mol. The Morgan fingerprint density at radius 3 is 2.42 bits per heavy atom. The van der Waals surface area contributed by atoms with Crippen molar-refractivity contribution in [3.8, 4) is 0 Å². The third kappa shape index (κ3) is 3.94. The van der Waals surface area contributed by atoms with Gasteiger partial charge in [-0.3, -0.25) is 15.0 Å². The average molecular weight is 266 g/mol. The van der Waals surface area contributed by atoms with E-state index >= 15 is 0 Å². The van der Waals surface area contributed by atoms with Crippen molar-refractivity contribution in [2.24, 2.45) is 0 Å². The molecule has 1 rings (SSSR count). The minimum Gasteiger partial charge on any atom is -0.443 e. The van der Waals surface area contributed by atoms with Gasteiger partial charge in [-0.25, -0.2) is 4.79 Å². The van der Waals surface area contributed by atoms with Crippen LogP contribution in [0.25, 0.3) is 0 Å². The summed E-state index contributed by atoms with van der Waals surface area (Å²) in [4.78, 5) is 23.5. The van der Waals surface area contributed by atoms with Gasteiger partial charge < -0.3 is 4.74 Å². The predicted molar refractivity (Wildman–Crippen MR) is 72.5 cm³/mol. The first-order chi connectivity index (χ1) is 8.61. The van der Waals surface area contributed by atoms with E-state index in [2.05, 4.69) is 0 Å². The number of nitrogens with zero attached hydrogens (tertiary/aromatic N) is 2. The Balaban J connectivity index is 3.11. The molecule has 1 aromatic rings. The second kappa shape index (κ2) is 5.26. The molecule has 19 heavy (non-hydrogen) atoms. The molecule has 0 aliphatic heterocycles. The zero-order valence-corrected chi connectivity index (χ0v) is 11.8. The highest BCUT2D eigenvalue weighted by atomic mass is 16.6. The number of benzene rings is 1. The van der Waals surface area contributed by atoms with Crippen molar-refractivity contribution in [2.75, 3.05) is 11.9 Å². The zero-order chi connectivity index (χ0) is 14.8. The van der Waals surface area contributed by atoms with E-state index < -0.39 is 16.6 Å². The fourth-order valence-electron chi connectivity index (χ4n) is 1.49. The van der Waals surface area contributed by atoms with Crippen molar-refractivity contribution in [1.29, 1.82) is 0 Å². The van der Waals surface area contributed by atoms with Gasteiger partial charge >= 0.3 is 6.09 Å². The highest BCUT2D eigenvalue weighted by Crippen LogP contribution is 2.29. The molecule has 6 heteroatoms. The van der Waals surface area contributed by atoms with Gasteiger partial charge in [0.15, 0.2) is 0 Å². The fourth-order valence-corrected chi connectivity index (χ4v) is 1.49. The van der Waals surface area contributed by atoms with Crippen molar-refractivity contribution >= 4 is 17.5 Å². The summed E-state index contributed by atoms with van der Waals surface area (Å²) < 4.78 is 5.19. The first-order valence-electron chi connectivity index (χ1n) is 5.83. The van der Waals surface area contributed by atoms with E-state index in [1.165, 1.54) is 13.1 Å². The number of anilines is 1. The number of carbonyl (C=O) groups excluding carboxylic acids is 1. The summed E-state index contributed by atoms with van der Waals surface area (Å²) in [6.07, 6.45) is -0.624. The van der Waals surface area contributed by atoms with Gasteiger partial charge in [0.05, 0.1) is 4.92 Å². The minimum absolute atomic E-state index is 0.126. The zero-order valence-electron chi connectivity index (χ0n) is 11.8. The van der Waals surface area contributed by atoms with E-state index in [-0.39, 0.29) is 11.4 Å². The molecule has 0 fully saturated rings. The fraction of sp³-hybridized carbons (Fsp3) is 0.462. The maximum atomic E-state index is 11.9. The molecule has 0 saturated carbocycles. The van der Waals surface area contributed by atoms with Crippen LogP contribution in [0.5, 0.6) is 0 Å². The van der Waals surface area contributed by atoms with Crippen molar-refractivity contribution in [3.05, 3.63) is 33.9 Å². The maximum absolute atomic E-state index is 11.9. The molecular weight excluding hydrogens is 248 g/mol. The molecule has 0 saturated heterocycles. The highest BCUT2D eigenvalue weighted by molar-refractivity contribution is 5.90. The van der Waals surface area contributed by atoms with Crippen LogP contribution < -0.4 is 4.90 Å². The second-order valence-corrected chi connectivity index (χ2v) is 5.29. The van der Waals surface area contributed by atoms with Crippen LogP contribution in [0.4, 0.5) is 16.2 Å². The van der Waals surface area contributed by atoms with Crippen molar-refractivity contribution in [1.82, 2.24) is 0 Å². The van der Waals surface area contributed by atoms with Crippen LogP contribution >= 0.6 is 0 Å². The van der Waals surface area contributed by atoms with E-state index in [4.69, 9.17) is 4.74 Å². The van der Waals surface area contributed by atoms with Crippen LogP contribution in [0.15, 0.2) is 18.2 Å². The van der Waals surface area contributed by atoms with Gasteiger partial charge in [-0.1, -0.05) is 6.07 Å². The topological polar surface area (TPSA) is 72.7 Å². The molecule has 1 aromatic carbocycles. The summed E-state index contributed by atoms with van der Waals surface area (Å²) in [5.41, 5.74) is 0.276. The average Bonchev–Trinajstić information content (AvgIpc) is 2.25. The molecule has 0 N–H and O–H groups in total. The van der Waals surface area contributed by atoms with Crippen LogP contribution in [-0.4, -0.2) is 23.7 Å². The van der Waals surface area contributed by atoms with E-state index in [9.17, 15) is 14.9 Å². The number of nitro groups is 1. The van der Waals surface area contributed by atoms with Gasteiger partial charge in [-0.15, -0.1) is 0 Å². The summed E-state index contributed by atoms with van der Waals surface area (Å²) in [5, 5.41) is 11.0. The lowest BCUT2D eigenvalue weighted by molar-refractivity contribution is -0.384. The Labute approximate surface area is 112 Å². The van der Waals surface area contributed by atoms with Crippen LogP contribution in [-0.2, 0) is 4.74 Å². The molecule has 0 radical (unpaired) electrons. The van der Waals surface area contributed by atoms with Gasteiger partial charge in [0.2, 0.25) is 0 Å². The number of hydrogen-bond donors (Lipinski definition) is 0. The normalized spacial score (nSPS) is 11.0. The number of amides is 1. The van der Waals surface area contributed by atoms with Crippen LogP contribution in [0, 0.1) is 17.0 Å². The number of nitro benzene ring substituents is 1. The van der Waals surface area contributed by atoms with E-state index in [0.29, 0.717) is 0 Å². The lowest BCUT2D eigenvalue weighted by Crippen LogP contribution is -2.34. The predicted octanol–water partition coefficient (Wildman–Crippen LogP) is 3.27. The molecule has 1 amide bonds. The summed E-state index contributed by atoms with van der Waals surface area (Å²) >= 11 is 0. The lowest BCUT2D eigenvalue weighted by atomic mass is 10.2. The number of rotatable bonds is 2. The third-order valence-corrected chi connectivity index (χ3v) is 2.36. The Bertz CT molecular complexity index is 506. The minimum atomic E-state index is -0.649. The van der Waals surface area contributed by atoms with E-state index in [1.807, 2.05) is 0 Å². The number of carbonyl (C=O) groups is 1. The Kier molecular flexibility index (Phi) is 4.14. The summed E-state index contributed by atoms with van der Waals surface area (Å²) in [6.45, 7) is 7.02. The molecule has 0 aromatic heterocycles. The maximum Gasteiger partial charge on any atom is 0.414 e. The van der Waals surface area contributed by atoms with Gasteiger partial charge in [0.1, 0.15) is 11.3 Å². The Hall–Kier alpha value is -2.11. The van der Waals surface area contributed by atoms with Crippen LogP contribution in [0.2, 0.25) is 0 Å². The van der Waals surface area contributed by atoms with Crippen molar-refractivity contribution < 1.29 is 14.5 Å². The van der Waals surface area contributed by atoms with Gasteiger partial charge in [0, 0.05) is 13.1 Å². The molecule has 0 aliphatic carbocycles. The summed E-state index contributed by atoms with van der Waals surface area (Å²) in [6, 6.07) is 4.60. The van der Waals surface area contributed by atoms with Crippen LogP contribution in [0.1, 0.15) is 26.3 Å². The van der Waals surface area contributed by atoms with E-state index in [1.54, 1.807) is 39.8 Å². The SMILES string of the molecule is Cc1ccc([N+](=O)[O-])c(N(C)C(=O)OC(C)(C)C)c1. The standard InChI is InChI=1S/C13H18N2O4/c1-9-6-7-10(15(17)18)11(8-9)14(5)12(16)19-13(2,3)4/h6-8H,1-5H3. The largest absolute Gasteiger partial charge is 0.443 e. The van der Waals surface area contributed by atoms with Gasteiger partial charge in [-0.2, -0.15) is 0 Å². The summed E-state index contributed by atoms with van der Waals surface area (Å²) in [7, 11) is 1.45. The summed E-state index contributed by atoms with van der Waals surface area (Å²) in [5.74, 6) is 0.